The summed E-state index contributed by atoms with van der Waals surface area (Å²) in [5.41, 5.74) is 2.35. The smallest absolute Gasteiger partial charge is 0.147 e. The number of rotatable bonds is 0. The summed E-state index contributed by atoms with van der Waals surface area (Å²) >= 11 is 0. The third-order valence-electron chi connectivity index (χ3n) is 5.74. The van der Waals surface area contributed by atoms with Crippen LogP contribution in [0.5, 0.6) is 0 Å². The van der Waals surface area contributed by atoms with Crippen LogP contribution < -0.4 is 0 Å². The summed E-state index contributed by atoms with van der Waals surface area (Å²) in [5, 5.41) is 0. The van der Waals surface area contributed by atoms with E-state index in [1.807, 2.05) is 0 Å². The Morgan fingerprint density at radius 2 is 1.94 bits per heavy atom. The molecule has 2 aliphatic carbocycles. The van der Waals surface area contributed by atoms with E-state index in [1.54, 1.807) is 5.57 Å². The van der Waals surface area contributed by atoms with Crippen LogP contribution in [0.4, 0.5) is 0 Å². The summed E-state index contributed by atoms with van der Waals surface area (Å²) in [4.78, 5) is 0. The summed E-state index contributed by atoms with van der Waals surface area (Å²) in [6.07, 6.45) is 6.58. The average Bonchev–Trinajstić information content (AvgIpc) is 2.49. The van der Waals surface area contributed by atoms with Gasteiger partial charge in [0, 0.05) is 5.41 Å². The summed E-state index contributed by atoms with van der Waals surface area (Å²) in [6, 6.07) is 0. The van der Waals surface area contributed by atoms with Crippen molar-refractivity contribution in [2.75, 3.05) is 13.4 Å². The molecule has 1 saturated carbocycles. The molecule has 3 aliphatic rings. The lowest BCUT2D eigenvalue weighted by molar-refractivity contribution is -0.211. The first-order valence-corrected chi connectivity index (χ1v) is 6.82. The molecule has 17 heavy (non-hydrogen) atoms. The van der Waals surface area contributed by atoms with Crippen LogP contribution in [0.3, 0.4) is 0 Å². The first-order chi connectivity index (χ1) is 7.90. The van der Waals surface area contributed by atoms with E-state index in [2.05, 4.69) is 33.8 Å². The van der Waals surface area contributed by atoms with Crippen LogP contribution in [0, 0.1) is 16.2 Å². The molecule has 2 fully saturated rings. The maximum absolute atomic E-state index is 5.86. The van der Waals surface area contributed by atoms with Crippen molar-refractivity contribution >= 4 is 0 Å². The van der Waals surface area contributed by atoms with Crippen molar-refractivity contribution < 1.29 is 9.47 Å². The van der Waals surface area contributed by atoms with Gasteiger partial charge in [0.25, 0.3) is 0 Å². The monoisotopic (exact) mass is 236 g/mol. The maximum atomic E-state index is 5.86. The largest absolute Gasteiger partial charge is 0.355 e. The van der Waals surface area contributed by atoms with Crippen molar-refractivity contribution in [3.8, 4) is 0 Å². The summed E-state index contributed by atoms with van der Waals surface area (Å²) in [6.45, 7) is 10.8. The average molecular weight is 236 g/mol. The van der Waals surface area contributed by atoms with Crippen LogP contribution in [0.15, 0.2) is 11.6 Å². The third-order valence-corrected chi connectivity index (χ3v) is 5.74. The van der Waals surface area contributed by atoms with Gasteiger partial charge in [-0.05, 0) is 23.7 Å². The standard InChI is InChI=1S/C15H24O2/c1-13(2)6-5-7-14(3)11(13)8-12-15(14,4)9-16-10-17-12/h8,12H,5-7,9-10H2,1-4H3/t12-,14-,15-/m1/s1. The molecule has 0 radical (unpaired) electrons. The zero-order valence-electron chi connectivity index (χ0n) is 11.5. The molecule has 1 aliphatic heterocycles. The molecule has 96 valence electrons. The van der Waals surface area contributed by atoms with Crippen LogP contribution in [0.2, 0.25) is 0 Å². The molecule has 0 amide bonds. The van der Waals surface area contributed by atoms with Gasteiger partial charge in [-0.2, -0.15) is 0 Å². The van der Waals surface area contributed by atoms with Crippen LogP contribution in [-0.2, 0) is 9.47 Å². The van der Waals surface area contributed by atoms with Gasteiger partial charge in [0.2, 0.25) is 0 Å². The molecule has 0 spiro atoms. The second-order valence-corrected chi connectivity index (χ2v) is 7.12. The number of ether oxygens (including phenoxy) is 2. The van der Waals surface area contributed by atoms with Crippen molar-refractivity contribution in [1.82, 2.24) is 0 Å². The molecule has 0 unspecified atom stereocenters. The third kappa shape index (κ3) is 1.34. The fraction of sp³-hybridized carbons (Fsp3) is 0.867. The Kier molecular flexibility index (Phi) is 2.32. The molecular formula is C15H24O2. The number of fused-ring (bicyclic) bond motifs is 3. The highest BCUT2D eigenvalue weighted by Crippen LogP contribution is 2.64. The van der Waals surface area contributed by atoms with Gasteiger partial charge in [0.1, 0.15) is 6.79 Å². The zero-order valence-corrected chi connectivity index (χ0v) is 11.5. The highest BCUT2D eigenvalue weighted by Gasteiger charge is 2.60. The van der Waals surface area contributed by atoms with Crippen LogP contribution in [0.1, 0.15) is 47.0 Å². The van der Waals surface area contributed by atoms with E-state index in [-0.39, 0.29) is 16.9 Å². The lowest BCUT2D eigenvalue weighted by Crippen LogP contribution is -2.51. The van der Waals surface area contributed by atoms with Gasteiger partial charge in [0.15, 0.2) is 0 Å². The van der Waals surface area contributed by atoms with Gasteiger partial charge in [-0.1, -0.05) is 45.8 Å². The lowest BCUT2D eigenvalue weighted by atomic mass is 9.54. The van der Waals surface area contributed by atoms with Crippen molar-refractivity contribution in [3.05, 3.63) is 11.6 Å². The number of hydrogen-bond donors (Lipinski definition) is 0. The predicted molar refractivity (Wildman–Crippen MR) is 67.6 cm³/mol. The van der Waals surface area contributed by atoms with E-state index >= 15 is 0 Å². The Morgan fingerprint density at radius 1 is 1.18 bits per heavy atom. The molecule has 0 N–H and O–H groups in total. The molecule has 3 atom stereocenters. The summed E-state index contributed by atoms with van der Waals surface area (Å²) in [5.74, 6) is 0. The van der Waals surface area contributed by atoms with Crippen molar-refractivity contribution in [3.63, 3.8) is 0 Å². The van der Waals surface area contributed by atoms with E-state index in [0.717, 1.165) is 6.61 Å². The predicted octanol–water partition coefficient (Wildman–Crippen LogP) is 3.52. The number of hydrogen-bond acceptors (Lipinski definition) is 2. The fourth-order valence-corrected chi connectivity index (χ4v) is 4.40. The molecule has 2 heteroatoms. The van der Waals surface area contributed by atoms with E-state index in [1.165, 1.54) is 19.3 Å². The minimum atomic E-state index is 0.137. The fourth-order valence-electron chi connectivity index (χ4n) is 4.40. The minimum Gasteiger partial charge on any atom is -0.355 e. The van der Waals surface area contributed by atoms with E-state index in [4.69, 9.17) is 9.47 Å². The van der Waals surface area contributed by atoms with Gasteiger partial charge in [-0.25, -0.2) is 0 Å². The summed E-state index contributed by atoms with van der Waals surface area (Å²) in [7, 11) is 0. The van der Waals surface area contributed by atoms with E-state index in [9.17, 15) is 0 Å². The topological polar surface area (TPSA) is 18.5 Å². The van der Waals surface area contributed by atoms with Gasteiger partial charge in [-0.15, -0.1) is 0 Å². The van der Waals surface area contributed by atoms with Crippen molar-refractivity contribution in [2.24, 2.45) is 16.2 Å². The Bertz CT molecular complexity index is 371. The molecular weight excluding hydrogens is 212 g/mol. The second kappa shape index (κ2) is 3.36. The van der Waals surface area contributed by atoms with Crippen molar-refractivity contribution in [1.29, 1.82) is 0 Å². The molecule has 0 aromatic heterocycles. The van der Waals surface area contributed by atoms with E-state index < -0.39 is 0 Å². The van der Waals surface area contributed by atoms with Crippen molar-refractivity contribution in [2.45, 2.75) is 53.1 Å². The quantitative estimate of drug-likeness (QED) is 0.599. The second-order valence-electron chi connectivity index (χ2n) is 7.12. The minimum absolute atomic E-state index is 0.137. The van der Waals surface area contributed by atoms with Crippen LogP contribution in [0.25, 0.3) is 0 Å². The zero-order chi connectivity index (χ0) is 12.3. The lowest BCUT2D eigenvalue weighted by Gasteiger charge is -2.53. The van der Waals surface area contributed by atoms with E-state index in [0.29, 0.717) is 12.2 Å². The molecule has 3 rings (SSSR count). The Labute approximate surface area is 104 Å². The first-order valence-electron chi connectivity index (χ1n) is 6.82. The molecule has 0 aromatic carbocycles. The molecule has 0 bridgehead atoms. The Morgan fingerprint density at radius 3 is 2.71 bits per heavy atom. The van der Waals surface area contributed by atoms with Gasteiger partial charge < -0.3 is 9.47 Å². The SMILES string of the molecule is CC1(C)CCC[C@]2(C)C1=C[C@H]1OCOC[C@]12C. The number of allylic oxidation sites excluding steroid dienone is 1. The van der Waals surface area contributed by atoms with Gasteiger partial charge in [0.05, 0.1) is 12.7 Å². The van der Waals surface area contributed by atoms with Gasteiger partial charge >= 0.3 is 0 Å². The molecule has 1 saturated heterocycles. The van der Waals surface area contributed by atoms with Crippen LogP contribution >= 0.6 is 0 Å². The van der Waals surface area contributed by atoms with Gasteiger partial charge in [-0.3, -0.25) is 0 Å². The molecule has 0 aromatic rings. The highest BCUT2D eigenvalue weighted by molar-refractivity contribution is 5.36. The Balaban J connectivity index is 2.08. The molecule has 1 heterocycles. The summed E-state index contributed by atoms with van der Waals surface area (Å²) < 4.78 is 11.5. The maximum Gasteiger partial charge on any atom is 0.147 e. The van der Waals surface area contributed by atoms with Crippen LogP contribution in [-0.4, -0.2) is 19.5 Å². The normalized spacial score (nSPS) is 48.2. The molecule has 2 nitrogen and oxygen atoms in total. The first kappa shape index (κ1) is 11.7. The highest BCUT2D eigenvalue weighted by atomic mass is 16.7. The Hall–Kier alpha value is -0.340.